The van der Waals surface area contributed by atoms with Crippen molar-refractivity contribution in [3.05, 3.63) is 62.8 Å². The summed E-state index contributed by atoms with van der Waals surface area (Å²) in [4.78, 5) is 30.0. The van der Waals surface area contributed by atoms with Gasteiger partial charge in [0.15, 0.2) is 11.6 Å². The molecule has 0 radical (unpaired) electrons. The van der Waals surface area contributed by atoms with Crippen LogP contribution in [-0.4, -0.2) is 33.4 Å². The summed E-state index contributed by atoms with van der Waals surface area (Å²) in [5.41, 5.74) is 9.53. The van der Waals surface area contributed by atoms with E-state index in [0.717, 1.165) is 21.6 Å². The van der Waals surface area contributed by atoms with E-state index in [1.165, 1.54) is 16.2 Å². The first-order valence-corrected chi connectivity index (χ1v) is 11.0. The van der Waals surface area contributed by atoms with Crippen molar-refractivity contribution in [1.82, 2.24) is 15.0 Å². The van der Waals surface area contributed by atoms with Crippen LogP contribution < -0.4 is 10.2 Å². The molecule has 4 rings (SSSR count). The van der Waals surface area contributed by atoms with E-state index in [1.54, 1.807) is 6.20 Å². The van der Waals surface area contributed by atoms with E-state index in [9.17, 15) is 9.18 Å². The lowest BCUT2D eigenvalue weighted by molar-refractivity contribution is -0.117. The average Bonchev–Trinajstić information content (AvgIpc) is 3.41. The number of nitrogens with zero attached hydrogens (tertiary/aromatic N) is 7. The molecule has 0 bridgehead atoms. The Morgan fingerprint density at radius 2 is 2.16 bits per heavy atom. The third-order valence-corrected chi connectivity index (χ3v) is 6.50. The van der Waals surface area contributed by atoms with Gasteiger partial charge >= 0.3 is 0 Å². The highest BCUT2D eigenvalue weighted by Crippen LogP contribution is 2.32. The highest BCUT2D eigenvalue weighted by molar-refractivity contribution is 7.15. The van der Waals surface area contributed by atoms with Crippen molar-refractivity contribution in [2.45, 2.75) is 31.8 Å². The minimum atomic E-state index is -0.716. The zero-order valence-electron chi connectivity index (χ0n) is 16.9. The van der Waals surface area contributed by atoms with Gasteiger partial charge in [0.05, 0.1) is 12.2 Å². The van der Waals surface area contributed by atoms with Crippen molar-refractivity contribution in [2.75, 3.05) is 16.8 Å². The van der Waals surface area contributed by atoms with Gasteiger partial charge in [0, 0.05) is 45.6 Å². The Morgan fingerprint density at radius 1 is 1.38 bits per heavy atom. The minimum Gasteiger partial charge on any atom is -0.347 e. The Morgan fingerprint density at radius 3 is 2.91 bits per heavy atom. The molecule has 3 heterocycles. The number of anilines is 2. The molecule has 12 heteroatoms. The lowest BCUT2D eigenvalue weighted by Gasteiger charge is -2.23. The SMILES string of the molecule is C[C@H](Nc1ncc(F)c(N2C(=O)CCC2CN=[N+]=[N-])n1)c1cnc(-c2ccc(Cl)cc2)s1. The minimum absolute atomic E-state index is 0.0547. The van der Waals surface area contributed by atoms with Crippen LogP contribution >= 0.6 is 22.9 Å². The molecular formula is C20H18ClFN8OS. The van der Waals surface area contributed by atoms with Crippen LogP contribution in [0, 0.1) is 5.82 Å². The summed E-state index contributed by atoms with van der Waals surface area (Å²) in [6.07, 6.45) is 3.49. The second kappa shape index (κ2) is 9.47. The van der Waals surface area contributed by atoms with E-state index >= 15 is 0 Å². The predicted molar refractivity (Wildman–Crippen MR) is 121 cm³/mol. The quantitative estimate of drug-likeness (QED) is 0.281. The molecular weight excluding hydrogens is 455 g/mol. The number of thiazole rings is 1. The average molecular weight is 473 g/mol. The normalized spacial score (nSPS) is 16.7. The maximum atomic E-state index is 14.5. The molecule has 1 fully saturated rings. The molecule has 9 nitrogen and oxygen atoms in total. The molecule has 1 unspecified atom stereocenters. The van der Waals surface area contributed by atoms with E-state index in [2.05, 4.69) is 30.3 Å². The number of benzene rings is 1. The highest BCUT2D eigenvalue weighted by atomic mass is 35.5. The number of amides is 1. The van der Waals surface area contributed by atoms with Gasteiger partial charge in [-0.3, -0.25) is 9.69 Å². The standard InChI is InChI=1S/C20H18ClFN8OS/c1-11(16-10-24-19(32-16)12-2-4-13(21)5-3-12)27-20-25-9-15(22)18(28-20)30-14(8-26-29-23)6-7-17(30)31/h2-5,9-11,14H,6-8H2,1H3,(H,25,27,28)/t11-,14?/m0/s1. The number of azide groups is 1. The van der Waals surface area contributed by atoms with Crippen LogP contribution in [0.1, 0.15) is 30.7 Å². The number of rotatable bonds is 7. The monoisotopic (exact) mass is 472 g/mol. The van der Waals surface area contributed by atoms with Crippen molar-refractivity contribution >= 4 is 40.6 Å². The third kappa shape index (κ3) is 4.64. The van der Waals surface area contributed by atoms with E-state index in [1.807, 2.05) is 31.2 Å². The smallest absolute Gasteiger partial charge is 0.228 e. The van der Waals surface area contributed by atoms with E-state index in [-0.39, 0.29) is 36.7 Å². The number of nitrogens with one attached hydrogen (secondary N) is 1. The van der Waals surface area contributed by atoms with Gasteiger partial charge in [-0.1, -0.05) is 28.8 Å². The van der Waals surface area contributed by atoms with Gasteiger partial charge in [0.2, 0.25) is 11.9 Å². The van der Waals surface area contributed by atoms with Crippen LogP contribution in [0.4, 0.5) is 16.2 Å². The largest absolute Gasteiger partial charge is 0.347 e. The Bertz CT molecular complexity index is 1180. The Hall–Kier alpha value is -3.27. The molecule has 1 aromatic carbocycles. The number of hydrogen-bond donors (Lipinski definition) is 1. The van der Waals surface area contributed by atoms with E-state index in [0.29, 0.717) is 11.4 Å². The highest BCUT2D eigenvalue weighted by Gasteiger charge is 2.34. The molecule has 1 aliphatic heterocycles. The summed E-state index contributed by atoms with van der Waals surface area (Å²) in [6, 6.07) is 6.78. The molecule has 0 aliphatic carbocycles. The van der Waals surface area contributed by atoms with Crippen LogP contribution in [0.15, 0.2) is 41.8 Å². The maximum Gasteiger partial charge on any atom is 0.228 e. The Labute approximate surface area is 191 Å². The molecule has 32 heavy (non-hydrogen) atoms. The van der Waals surface area contributed by atoms with Crippen molar-refractivity contribution < 1.29 is 9.18 Å². The van der Waals surface area contributed by atoms with Gasteiger partial charge in [-0.15, -0.1) is 11.3 Å². The molecule has 0 spiro atoms. The van der Waals surface area contributed by atoms with Crippen molar-refractivity contribution in [1.29, 1.82) is 0 Å². The van der Waals surface area contributed by atoms with Crippen molar-refractivity contribution in [2.24, 2.45) is 5.11 Å². The molecule has 1 amide bonds. The first kappa shape index (κ1) is 21.9. The van der Waals surface area contributed by atoms with Gasteiger partial charge in [-0.05, 0) is 31.0 Å². The lowest BCUT2D eigenvalue weighted by atomic mass is 10.2. The van der Waals surface area contributed by atoms with Crippen molar-refractivity contribution in [3.63, 3.8) is 0 Å². The fraction of sp³-hybridized carbons (Fsp3) is 0.300. The predicted octanol–water partition coefficient (Wildman–Crippen LogP) is 5.37. The summed E-state index contributed by atoms with van der Waals surface area (Å²) in [7, 11) is 0. The van der Waals surface area contributed by atoms with E-state index < -0.39 is 11.9 Å². The topological polar surface area (TPSA) is 120 Å². The summed E-state index contributed by atoms with van der Waals surface area (Å²) in [5.74, 6) is -0.930. The van der Waals surface area contributed by atoms with Gasteiger partial charge in [-0.25, -0.2) is 14.4 Å². The summed E-state index contributed by atoms with van der Waals surface area (Å²) in [5, 5.41) is 8.16. The van der Waals surface area contributed by atoms with Gasteiger partial charge in [0.25, 0.3) is 0 Å². The fourth-order valence-electron chi connectivity index (χ4n) is 3.41. The number of halogens is 2. The maximum absolute atomic E-state index is 14.5. The molecule has 3 aromatic rings. The number of aromatic nitrogens is 3. The van der Waals surface area contributed by atoms with Crippen LogP contribution in [-0.2, 0) is 4.79 Å². The molecule has 2 aromatic heterocycles. The number of hydrogen-bond acceptors (Lipinski definition) is 7. The zero-order chi connectivity index (χ0) is 22.7. The zero-order valence-corrected chi connectivity index (χ0v) is 18.5. The third-order valence-electron chi connectivity index (χ3n) is 5.02. The summed E-state index contributed by atoms with van der Waals surface area (Å²) < 4.78 is 14.5. The first-order chi connectivity index (χ1) is 15.5. The Kier molecular flexibility index (Phi) is 6.50. The summed E-state index contributed by atoms with van der Waals surface area (Å²) >= 11 is 7.45. The van der Waals surface area contributed by atoms with Crippen LogP contribution in [0.2, 0.25) is 5.02 Å². The first-order valence-electron chi connectivity index (χ1n) is 9.80. The van der Waals surface area contributed by atoms with Crippen LogP contribution in [0.3, 0.4) is 0 Å². The second-order valence-corrected chi connectivity index (χ2v) is 8.67. The molecule has 1 saturated heterocycles. The molecule has 0 saturated carbocycles. The molecule has 2 atom stereocenters. The van der Waals surface area contributed by atoms with Gasteiger partial charge in [0.1, 0.15) is 5.01 Å². The molecule has 1 N–H and O–H groups in total. The number of carbonyl (C=O) groups excluding carboxylic acids is 1. The lowest BCUT2D eigenvalue weighted by Crippen LogP contribution is -2.36. The fourth-order valence-corrected chi connectivity index (χ4v) is 4.46. The van der Waals surface area contributed by atoms with Crippen molar-refractivity contribution in [3.8, 4) is 10.6 Å². The molecule has 1 aliphatic rings. The van der Waals surface area contributed by atoms with E-state index in [4.69, 9.17) is 17.1 Å². The molecule has 164 valence electrons. The summed E-state index contributed by atoms with van der Waals surface area (Å²) in [6.45, 7) is 1.97. The Balaban J connectivity index is 1.53. The van der Waals surface area contributed by atoms with Crippen LogP contribution in [0.25, 0.3) is 21.0 Å². The second-order valence-electron chi connectivity index (χ2n) is 7.18. The number of carbonyl (C=O) groups is 1. The van der Waals surface area contributed by atoms with Crippen LogP contribution in [0.5, 0.6) is 0 Å². The van der Waals surface area contributed by atoms with Gasteiger partial charge in [-0.2, -0.15) is 4.98 Å². The van der Waals surface area contributed by atoms with Gasteiger partial charge < -0.3 is 5.32 Å².